The summed E-state index contributed by atoms with van der Waals surface area (Å²) in [6.07, 6.45) is 22.9. The molecule has 0 saturated carbocycles. The Kier molecular flexibility index (Phi) is 5.45. The summed E-state index contributed by atoms with van der Waals surface area (Å²) in [6.45, 7) is 4.46. The molecule has 0 atom stereocenters. The van der Waals surface area contributed by atoms with Crippen LogP contribution in [0.2, 0.25) is 0 Å². The topological polar surface area (TPSA) is 6.48 Å². The van der Waals surface area contributed by atoms with Gasteiger partial charge in [-0.2, -0.15) is 0 Å². The van der Waals surface area contributed by atoms with E-state index in [4.69, 9.17) is 0 Å². The Morgan fingerprint density at radius 3 is 1.84 bits per heavy atom. The van der Waals surface area contributed by atoms with E-state index in [0.717, 1.165) is 26.2 Å². The van der Waals surface area contributed by atoms with Gasteiger partial charge in [0, 0.05) is 31.9 Å². The average Bonchev–Trinajstić information content (AvgIpc) is 2.41. The van der Waals surface area contributed by atoms with Gasteiger partial charge in [-0.25, -0.2) is 0 Å². The number of likely N-dealkylation sites (N-methyl/N-ethyl adjacent to an activating group) is 1. The van der Waals surface area contributed by atoms with Crippen LogP contribution in [0.4, 0.5) is 0 Å². The van der Waals surface area contributed by atoms with Crippen LogP contribution in [-0.2, 0) is 0 Å². The van der Waals surface area contributed by atoms with E-state index in [1.54, 1.807) is 0 Å². The Bertz CT molecular complexity index is 442. The molecule has 0 spiro atoms. The van der Waals surface area contributed by atoms with Gasteiger partial charge >= 0.3 is 0 Å². The molecule has 0 aromatic carbocycles. The van der Waals surface area contributed by atoms with Crippen molar-refractivity contribution in [2.24, 2.45) is 0 Å². The molecule has 19 heavy (non-hydrogen) atoms. The van der Waals surface area contributed by atoms with Gasteiger partial charge in [-0.3, -0.25) is 0 Å². The van der Waals surface area contributed by atoms with Gasteiger partial charge in [0.2, 0.25) is 0 Å². The second-order valence-corrected chi connectivity index (χ2v) is 4.78. The minimum absolute atomic E-state index is 1.10. The van der Waals surface area contributed by atoms with Crippen molar-refractivity contribution in [1.29, 1.82) is 0 Å². The average molecular weight is 254 g/mol. The summed E-state index contributed by atoms with van der Waals surface area (Å²) in [5.41, 5.74) is 1.28. The summed E-state index contributed by atoms with van der Waals surface area (Å²) in [5, 5.41) is 0. The van der Waals surface area contributed by atoms with Crippen LogP contribution in [0.3, 0.4) is 0 Å². The van der Waals surface area contributed by atoms with Gasteiger partial charge in [-0.15, -0.1) is 0 Å². The summed E-state index contributed by atoms with van der Waals surface area (Å²) in [4.78, 5) is 4.82. The first-order chi connectivity index (χ1) is 9.36. The minimum atomic E-state index is 1.10. The fraction of sp³-hybridized carbons (Fsp3) is 0.294. The number of allylic oxidation sites excluding steroid dienone is 11. The molecule has 1 aliphatic heterocycles. The smallest absolute Gasteiger partial charge is 0.0367 e. The third kappa shape index (κ3) is 4.76. The molecule has 0 bridgehead atoms. The molecular formula is C17H22N2. The SMILES string of the molecule is CN1CCN(C2=C/C=C\C=C/C=C\C=C/C=C\2)CC1. The predicted octanol–water partition coefficient (Wildman–Crippen LogP) is 2.91. The molecule has 2 aliphatic rings. The number of rotatable bonds is 1. The summed E-state index contributed by atoms with van der Waals surface area (Å²) in [6, 6.07) is 0. The second-order valence-electron chi connectivity index (χ2n) is 4.78. The van der Waals surface area contributed by atoms with Crippen LogP contribution in [0, 0.1) is 0 Å². The van der Waals surface area contributed by atoms with Crippen molar-refractivity contribution in [2.75, 3.05) is 33.2 Å². The first-order valence-corrected chi connectivity index (χ1v) is 6.85. The van der Waals surface area contributed by atoms with Gasteiger partial charge in [-0.05, 0) is 19.2 Å². The molecule has 0 aromatic heterocycles. The maximum Gasteiger partial charge on any atom is 0.0367 e. The third-order valence-electron chi connectivity index (χ3n) is 3.29. The minimum Gasteiger partial charge on any atom is -0.369 e. The van der Waals surface area contributed by atoms with Crippen molar-refractivity contribution in [2.45, 2.75) is 0 Å². The first kappa shape index (κ1) is 13.6. The Morgan fingerprint density at radius 2 is 1.21 bits per heavy atom. The van der Waals surface area contributed by atoms with E-state index in [1.807, 2.05) is 30.4 Å². The molecule has 1 aliphatic carbocycles. The van der Waals surface area contributed by atoms with Crippen LogP contribution in [0.1, 0.15) is 0 Å². The Hall–Kier alpha value is -1.80. The maximum atomic E-state index is 2.44. The van der Waals surface area contributed by atoms with Gasteiger partial charge < -0.3 is 9.80 Å². The van der Waals surface area contributed by atoms with Crippen LogP contribution in [0.25, 0.3) is 0 Å². The van der Waals surface area contributed by atoms with Crippen molar-refractivity contribution >= 4 is 0 Å². The summed E-state index contributed by atoms with van der Waals surface area (Å²) in [7, 11) is 2.18. The fourth-order valence-electron chi connectivity index (χ4n) is 2.09. The molecule has 1 fully saturated rings. The second kappa shape index (κ2) is 7.59. The summed E-state index contributed by atoms with van der Waals surface area (Å²) < 4.78 is 0. The van der Waals surface area contributed by atoms with Gasteiger partial charge in [-0.1, -0.05) is 54.7 Å². The van der Waals surface area contributed by atoms with Gasteiger partial charge in [0.25, 0.3) is 0 Å². The quantitative estimate of drug-likeness (QED) is 0.710. The van der Waals surface area contributed by atoms with E-state index in [1.165, 1.54) is 5.70 Å². The monoisotopic (exact) mass is 254 g/mol. The molecule has 2 heteroatoms. The molecule has 0 aromatic rings. The van der Waals surface area contributed by atoms with E-state index in [9.17, 15) is 0 Å². The molecule has 0 N–H and O–H groups in total. The molecule has 0 amide bonds. The molecule has 0 radical (unpaired) electrons. The number of nitrogens with zero attached hydrogens (tertiary/aromatic N) is 2. The molecule has 2 rings (SSSR count). The van der Waals surface area contributed by atoms with Crippen molar-refractivity contribution in [3.8, 4) is 0 Å². The normalized spacial score (nSPS) is 32.3. The third-order valence-corrected chi connectivity index (χ3v) is 3.29. The zero-order valence-electron chi connectivity index (χ0n) is 11.6. The Balaban J connectivity index is 2.11. The zero-order chi connectivity index (χ0) is 13.3. The largest absolute Gasteiger partial charge is 0.369 e. The van der Waals surface area contributed by atoms with Crippen LogP contribution < -0.4 is 0 Å². The molecule has 0 unspecified atom stereocenters. The van der Waals surface area contributed by atoms with Gasteiger partial charge in [0.1, 0.15) is 0 Å². The van der Waals surface area contributed by atoms with E-state index in [0.29, 0.717) is 0 Å². The number of hydrogen-bond donors (Lipinski definition) is 0. The lowest BCUT2D eigenvalue weighted by atomic mass is 10.2. The van der Waals surface area contributed by atoms with Gasteiger partial charge in [0.15, 0.2) is 0 Å². The van der Waals surface area contributed by atoms with E-state index in [-0.39, 0.29) is 0 Å². The summed E-state index contributed by atoms with van der Waals surface area (Å²) in [5.74, 6) is 0. The van der Waals surface area contributed by atoms with Crippen molar-refractivity contribution in [3.05, 3.63) is 72.5 Å². The van der Waals surface area contributed by atoms with E-state index < -0.39 is 0 Å². The summed E-state index contributed by atoms with van der Waals surface area (Å²) >= 11 is 0. The Morgan fingerprint density at radius 1 is 0.684 bits per heavy atom. The van der Waals surface area contributed by atoms with Gasteiger partial charge in [0.05, 0.1) is 0 Å². The van der Waals surface area contributed by atoms with E-state index >= 15 is 0 Å². The molecule has 1 saturated heterocycles. The zero-order valence-corrected chi connectivity index (χ0v) is 11.6. The van der Waals surface area contributed by atoms with Crippen molar-refractivity contribution in [3.63, 3.8) is 0 Å². The highest BCUT2D eigenvalue weighted by Crippen LogP contribution is 2.11. The van der Waals surface area contributed by atoms with Crippen molar-refractivity contribution < 1.29 is 0 Å². The molecular weight excluding hydrogens is 232 g/mol. The molecule has 100 valence electrons. The Labute approximate surface area is 116 Å². The molecule has 2 nitrogen and oxygen atoms in total. The highest BCUT2D eigenvalue weighted by Gasteiger charge is 2.13. The lowest BCUT2D eigenvalue weighted by Gasteiger charge is -2.34. The lowest BCUT2D eigenvalue weighted by Crippen LogP contribution is -2.43. The van der Waals surface area contributed by atoms with Crippen LogP contribution in [-0.4, -0.2) is 43.0 Å². The lowest BCUT2D eigenvalue weighted by molar-refractivity contribution is 0.190. The van der Waals surface area contributed by atoms with Crippen LogP contribution in [0.5, 0.6) is 0 Å². The highest BCUT2D eigenvalue weighted by molar-refractivity contribution is 5.29. The predicted molar refractivity (Wildman–Crippen MR) is 82.9 cm³/mol. The highest BCUT2D eigenvalue weighted by atomic mass is 15.2. The maximum absolute atomic E-state index is 2.44. The van der Waals surface area contributed by atoms with E-state index in [2.05, 4.69) is 53.3 Å². The fourth-order valence-corrected chi connectivity index (χ4v) is 2.09. The van der Waals surface area contributed by atoms with Crippen LogP contribution >= 0.6 is 0 Å². The number of piperazine rings is 1. The molecule has 1 heterocycles. The van der Waals surface area contributed by atoms with Crippen LogP contribution in [0.15, 0.2) is 72.5 Å². The van der Waals surface area contributed by atoms with Crippen molar-refractivity contribution in [1.82, 2.24) is 9.80 Å². The standard InChI is InChI=1S/C17H22N2/c1-18-13-15-19(16-14-18)17-11-9-7-5-3-2-4-6-8-10-12-17/h2-12H,13-16H2,1H3/b3-2-,4-2?,5-3?,6-4-,7-5-,8-6?,9-7?,10-8-,11-9-,12-10?,17-11?,17-12+. The first-order valence-electron chi connectivity index (χ1n) is 6.85. The number of hydrogen-bond acceptors (Lipinski definition) is 2.